The summed E-state index contributed by atoms with van der Waals surface area (Å²) in [6.07, 6.45) is 4.41. The third-order valence-electron chi connectivity index (χ3n) is 8.62. The van der Waals surface area contributed by atoms with Crippen LogP contribution in [0.2, 0.25) is 0 Å². The highest BCUT2D eigenvalue weighted by atomic mass is 16.2. The van der Waals surface area contributed by atoms with E-state index in [0.29, 0.717) is 19.4 Å². The minimum Gasteiger partial charge on any atom is -0.343 e. The lowest BCUT2D eigenvalue weighted by Crippen LogP contribution is -2.60. The molecule has 4 rings (SSSR count). The van der Waals surface area contributed by atoms with E-state index in [1.807, 2.05) is 72.8 Å². The van der Waals surface area contributed by atoms with Crippen molar-refractivity contribution in [2.75, 3.05) is 6.54 Å². The maximum Gasteiger partial charge on any atom is 0.249 e. The van der Waals surface area contributed by atoms with Gasteiger partial charge >= 0.3 is 0 Å². The number of carbonyl (C=O) groups excluding carboxylic acids is 5. The van der Waals surface area contributed by atoms with Gasteiger partial charge in [0.25, 0.3) is 0 Å². The van der Waals surface area contributed by atoms with Crippen molar-refractivity contribution in [2.24, 2.45) is 27.2 Å². The average Bonchev–Trinajstić information content (AvgIpc) is 3.63. The zero-order valence-electron chi connectivity index (χ0n) is 29.6. The Morgan fingerprint density at radius 3 is 2.10 bits per heavy atom. The van der Waals surface area contributed by atoms with Gasteiger partial charge in [-0.1, -0.05) is 72.8 Å². The van der Waals surface area contributed by atoms with Gasteiger partial charge in [0, 0.05) is 19.1 Å². The molecule has 0 fully saturated rings. The van der Waals surface area contributed by atoms with Crippen molar-refractivity contribution in [3.8, 4) is 0 Å². The summed E-state index contributed by atoms with van der Waals surface area (Å²) >= 11 is 0. The topological polar surface area (TPSA) is 236 Å². The normalized spacial score (nSPS) is 16.1. The number of benzene rings is 3. The molecule has 1 unspecified atom stereocenters. The Hall–Kier alpha value is -5.31. The molecule has 1 heterocycles. The van der Waals surface area contributed by atoms with E-state index >= 15 is 0 Å². The SMILES string of the molecule is CC(C)(N)C(=O)N[C@@H](CC1C=NC=N1)C(=O)NC(=O)[C@H](CCCCN)NC(=O)[C@@H](Cc1ccccc1)NC(=O)[C@H](N)Cc1ccc2ccccc2c1. The van der Waals surface area contributed by atoms with Crippen LogP contribution in [-0.4, -0.2) is 84.4 Å². The maximum atomic E-state index is 13.9. The average molecular weight is 712 g/mol. The van der Waals surface area contributed by atoms with Crippen LogP contribution in [0, 0.1) is 0 Å². The second kappa shape index (κ2) is 18.8. The zero-order valence-corrected chi connectivity index (χ0v) is 29.6. The number of amides is 5. The first-order chi connectivity index (χ1) is 24.8. The Kier molecular flexibility index (Phi) is 14.3. The number of aliphatic imine (C=N–C) groups is 2. The third kappa shape index (κ3) is 11.9. The fourth-order valence-corrected chi connectivity index (χ4v) is 5.62. The van der Waals surface area contributed by atoms with Crippen LogP contribution < -0.4 is 38.5 Å². The molecule has 0 aromatic heterocycles. The molecule has 5 amide bonds. The molecule has 3 aromatic rings. The summed E-state index contributed by atoms with van der Waals surface area (Å²) in [5.41, 5.74) is 18.3. The predicted octanol–water partition coefficient (Wildman–Crippen LogP) is 0.787. The lowest BCUT2D eigenvalue weighted by Gasteiger charge is -2.26. The Morgan fingerprint density at radius 2 is 1.42 bits per heavy atom. The highest BCUT2D eigenvalue weighted by Gasteiger charge is 2.33. The predicted molar refractivity (Wildman–Crippen MR) is 201 cm³/mol. The summed E-state index contributed by atoms with van der Waals surface area (Å²) in [5.74, 6) is -3.37. The number of unbranched alkanes of at least 4 members (excludes halogenated alkanes) is 1. The summed E-state index contributed by atoms with van der Waals surface area (Å²) in [4.78, 5) is 75.3. The number of imide groups is 1. The molecule has 5 atom stereocenters. The van der Waals surface area contributed by atoms with Crippen molar-refractivity contribution in [3.05, 3.63) is 83.9 Å². The van der Waals surface area contributed by atoms with Crippen molar-refractivity contribution in [1.82, 2.24) is 21.3 Å². The van der Waals surface area contributed by atoms with Crippen molar-refractivity contribution >= 4 is 52.9 Å². The van der Waals surface area contributed by atoms with Crippen LogP contribution in [0.5, 0.6) is 0 Å². The molecular formula is C38H49N9O5. The van der Waals surface area contributed by atoms with Crippen LogP contribution in [0.1, 0.15) is 50.7 Å². The van der Waals surface area contributed by atoms with E-state index in [-0.39, 0.29) is 25.7 Å². The fraction of sp³-hybridized carbons (Fsp3) is 0.395. The second-order valence-electron chi connectivity index (χ2n) is 13.6. The Morgan fingerprint density at radius 1 is 0.750 bits per heavy atom. The van der Waals surface area contributed by atoms with E-state index in [2.05, 4.69) is 31.3 Å². The van der Waals surface area contributed by atoms with E-state index in [9.17, 15) is 24.0 Å². The molecule has 3 aromatic carbocycles. The van der Waals surface area contributed by atoms with Crippen molar-refractivity contribution in [2.45, 2.75) is 88.1 Å². The summed E-state index contributed by atoms with van der Waals surface area (Å²) in [6, 6.07) is 17.9. The number of carbonyl (C=O) groups is 5. The molecule has 0 aliphatic carbocycles. The minimum atomic E-state index is -1.30. The van der Waals surface area contributed by atoms with Crippen LogP contribution in [0.4, 0.5) is 0 Å². The molecule has 0 saturated heterocycles. The van der Waals surface area contributed by atoms with Gasteiger partial charge in [0.1, 0.15) is 24.5 Å². The zero-order chi connectivity index (χ0) is 37.7. The minimum absolute atomic E-state index is 0.0236. The van der Waals surface area contributed by atoms with Crippen LogP contribution in [0.15, 0.2) is 82.8 Å². The Balaban J connectivity index is 1.49. The van der Waals surface area contributed by atoms with Crippen LogP contribution in [0.3, 0.4) is 0 Å². The number of rotatable bonds is 18. The largest absolute Gasteiger partial charge is 0.343 e. The number of nitrogens with one attached hydrogen (secondary N) is 4. The van der Waals surface area contributed by atoms with Gasteiger partial charge in [-0.3, -0.25) is 34.3 Å². The molecule has 0 radical (unpaired) electrons. The highest BCUT2D eigenvalue weighted by molar-refractivity contribution is 6.03. The molecule has 276 valence electrons. The first-order valence-corrected chi connectivity index (χ1v) is 17.4. The van der Waals surface area contributed by atoms with Gasteiger partial charge in [0.05, 0.1) is 17.6 Å². The Bertz CT molecular complexity index is 1760. The highest BCUT2D eigenvalue weighted by Crippen LogP contribution is 2.17. The summed E-state index contributed by atoms with van der Waals surface area (Å²) < 4.78 is 0. The second-order valence-corrected chi connectivity index (χ2v) is 13.6. The van der Waals surface area contributed by atoms with Gasteiger partial charge in [-0.2, -0.15) is 0 Å². The molecule has 14 nitrogen and oxygen atoms in total. The number of nitrogens with two attached hydrogens (primary N) is 3. The van der Waals surface area contributed by atoms with Gasteiger partial charge in [0.2, 0.25) is 29.5 Å². The van der Waals surface area contributed by atoms with Gasteiger partial charge < -0.3 is 33.2 Å². The maximum absolute atomic E-state index is 13.9. The van der Waals surface area contributed by atoms with Gasteiger partial charge in [-0.15, -0.1) is 0 Å². The molecule has 0 spiro atoms. The van der Waals surface area contributed by atoms with Crippen LogP contribution >= 0.6 is 0 Å². The monoisotopic (exact) mass is 711 g/mol. The first-order valence-electron chi connectivity index (χ1n) is 17.4. The number of fused-ring (bicyclic) bond motifs is 1. The van der Waals surface area contributed by atoms with Crippen molar-refractivity contribution < 1.29 is 24.0 Å². The van der Waals surface area contributed by atoms with E-state index < -0.39 is 65.3 Å². The quantitative estimate of drug-likeness (QED) is 0.0930. The van der Waals surface area contributed by atoms with Crippen molar-refractivity contribution in [3.63, 3.8) is 0 Å². The molecule has 0 bridgehead atoms. The summed E-state index contributed by atoms with van der Waals surface area (Å²) in [7, 11) is 0. The third-order valence-corrected chi connectivity index (χ3v) is 8.62. The molecule has 14 heteroatoms. The summed E-state index contributed by atoms with van der Waals surface area (Å²) in [6.45, 7) is 3.33. The number of nitrogens with zero attached hydrogens (tertiary/aromatic N) is 2. The molecular weight excluding hydrogens is 662 g/mol. The van der Waals surface area contributed by atoms with E-state index in [1.54, 1.807) is 0 Å². The number of hydrogen-bond donors (Lipinski definition) is 7. The molecule has 10 N–H and O–H groups in total. The first kappa shape index (κ1) is 39.5. The van der Waals surface area contributed by atoms with Gasteiger partial charge in [0.15, 0.2) is 0 Å². The number of hydrogen-bond acceptors (Lipinski definition) is 10. The van der Waals surface area contributed by atoms with Crippen LogP contribution in [0.25, 0.3) is 10.8 Å². The lowest BCUT2D eigenvalue weighted by atomic mass is 10.00. The smallest absolute Gasteiger partial charge is 0.249 e. The lowest BCUT2D eigenvalue weighted by molar-refractivity contribution is -0.137. The van der Waals surface area contributed by atoms with Gasteiger partial charge in [-0.05, 0) is 68.0 Å². The van der Waals surface area contributed by atoms with Crippen LogP contribution in [-0.2, 0) is 36.8 Å². The van der Waals surface area contributed by atoms with Gasteiger partial charge in [-0.25, -0.2) is 4.99 Å². The van der Waals surface area contributed by atoms with E-state index in [1.165, 1.54) is 26.4 Å². The molecule has 0 saturated carbocycles. The van der Waals surface area contributed by atoms with E-state index in [0.717, 1.165) is 21.9 Å². The Labute approximate surface area is 303 Å². The molecule has 1 aliphatic rings. The standard InChI is InChI=1S/C38H49N9O5/c1-38(2,41)37(52)46-32(21-28-22-42-23-43-28)36(51)47-34(49)30(14-8-9-17-39)44-35(50)31(20-24-10-4-3-5-11-24)45-33(48)29(40)19-25-15-16-26-12-6-7-13-27(26)18-25/h3-7,10-13,15-16,18,22-23,28-32H,8-9,14,17,19-21,39-41H2,1-2H3,(H,44,50)(H,45,48)(H,46,52)(H,47,49,51)/t28?,29-,30+,31-,32+/m1/s1. The fourth-order valence-electron chi connectivity index (χ4n) is 5.62. The van der Waals surface area contributed by atoms with Crippen molar-refractivity contribution in [1.29, 1.82) is 0 Å². The molecule has 1 aliphatic heterocycles. The summed E-state index contributed by atoms with van der Waals surface area (Å²) in [5, 5.41) is 12.6. The molecule has 52 heavy (non-hydrogen) atoms. The van der Waals surface area contributed by atoms with E-state index in [4.69, 9.17) is 17.2 Å².